The van der Waals surface area contributed by atoms with Crippen LogP contribution in [0.1, 0.15) is 28.5 Å². The molecule has 1 heterocycles. The third kappa shape index (κ3) is 6.02. The second-order valence-corrected chi connectivity index (χ2v) is 7.66. The fourth-order valence-corrected chi connectivity index (χ4v) is 3.53. The van der Waals surface area contributed by atoms with Gasteiger partial charge >= 0.3 is 0 Å². The van der Waals surface area contributed by atoms with Crippen molar-refractivity contribution in [1.82, 2.24) is 10.2 Å². The van der Waals surface area contributed by atoms with Crippen molar-refractivity contribution < 1.29 is 14.0 Å². The molecule has 0 aliphatic rings. The highest BCUT2D eigenvalue weighted by molar-refractivity contribution is 5.97. The van der Waals surface area contributed by atoms with Crippen molar-refractivity contribution in [3.8, 4) is 11.8 Å². The van der Waals surface area contributed by atoms with Crippen LogP contribution in [0.25, 0.3) is 0 Å². The molecule has 34 heavy (non-hydrogen) atoms. The van der Waals surface area contributed by atoms with Crippen molar-refractivity contribution in [3.05, 3.63) is 132 Å². The van der Waals surface area contributed by atoms with Crippen molar-refractivity contribution in [1.29, 1.82) is 0 Å². The third-order valence-corrected chi connectivity index (χ3v) is 5.23. The summed E-state index contributed by atoms with van der Waals surface area (Å²) in [7, 11) is 0. The SMILES string of the molecule is O=C(NCc1ccccc1)C(c1ccco1)N(Cc1ccccc1)C(=O)C#Cc1ccccc1. The number of carbonyl (C=O) groups is 2. The molecule has 0 bridgehead atoms. The Morgan fingerprint density at radius 1 is 0.794 bits per heavy atom. The number of benzene rings is 3. The van der Waals surface area contributed by atoms with Crippen molar-refractivity contribution >= 4 is 11.8 Å². The Morgan fingerprint density at radius 2 is 1.41 bits per heavy atom. The van der Waals surface area contributed by atoms with Gasteiger partial charge < -0.3 is 14.6 Å². The van der Waals surface area contributed by atoms with Gasteiger partial charge in [0.15, 0.2) is 6.04 Å². The Kier molecular flexibility index (Phi) is 7.55. The van der Waals surface area contributed by atoms with Gasteiger partial charge in [-0.25, -0.2) is 0 Å². The molecule has 4 aromatic rings. The maximum absolute atomic E-state index is 13.4. The van der Waals surface area contributed by atoms with Crippen LogP contribution in [0, 0.1) is 11.8 Å². The Balaban J connectivity index is 1.65. The Hall–Kier alpha value is -4.56. The molecule has 1 unspecified atom stereocenters. The Labute approximate surface area is 199 Å². The third-order valence-electron chi connectivity index (χ3n) is 5.23. The predicted molar refractivity (Wildman–Crippen MR) is 130 cm³/mol. The normalized spacial score (nSPS) is 11.1. The highest BCUT2D eigenvalue weighted by Gasteiger charge is 2.33. The molecule has 0 saturated carbocycles. The van der Waals surface area contributed by atoms with Crippen molar-refractivity contribution in [2.24, 2.45) is 0 Å². The summed E-state index contributed by atoms with van der Waals surface area (Å²) in [6.07, 6.45) is 1.49. The maximum atomic E-state index is 13.4. The van der Waals surface area contributed by atoms with Gasteiger partial charge in [-0.1, -0.05) is 84.8 Å². The quantitative estimate of drug-likeness (QED) is 0.416. The first-order chi connectivity index (χ1) is 16.7. The average Bonchev–Trinajstić information content (AvgIpc) is 3.42. The zero-order chi connectivity index (χ0) is 23.6. The molecule has 0 spiro atoms. The van der Waals surface area contributed by atoms with Crippen LogP contribution in [0.3, 0.4) is 0 Å². The lowest BCUT2D eigenvalue weighted by molar-refractivity contribution is -0.138. The van der Waals surface area contributed by atoms with Gasteiger partial charge in [-0.2, -0.15) is 0 Å². The molecule has 0 fully saturated rings. The maximum Gasteiger partial charge on any atom is 0.300 e. The van der Waals surface area contributed by atoms with Crippen LogP contribution in [0.15, 0.2) is 114 Å². The summed E-state index contributed by atoms with van der Waals surface area (Å²) in [6.45, 7) is 0.535. The number of hydrogen-bond acceptors (Lipinski definition) is 3. The largest absolute Gasteiger partial charge is 0.467 e. The van der Waals surface area contributed by atoms with Crippen molar-refractivity contribution in [3.63, 3.8) is 0 Å². The topological polar surface area (TPSA) is 62.6 Å². The predicted octanol–water partition coefficient (Wildman–Crippen LogP) is 4.72. The highest BCUT2D eigenvalue weighted by Crippen LogP contribution is 2.24. The summed E-state index contributed by atoms with van der Waals surface area (Å²) in [5.41, 5.74) is 2.56. The lowest BCUT2D eigenvalue weighted by Crippen LogP contribution is -2.42. The van der Waals surface area contributed by atoms with Crippen LogP contribution >= 0.6 is 0 Å². The second-order valence-electron chi connectivity index (χ2n) is 7.66. The van der Waals surface area contributed by atoms with Crippen LogP contribution in [-0.4, -0.2) is 16.7 Å². The van der Waals surface area contributed by atoms with E-state index in [0.717, 1.165) is 16.7 Å². The van der Waals surface area contributed by atoms with Crippen molar-refractivity contribution in [2.75, 3.05) is 0 Å². The smallest absolute Gasteiger partial charge is 0.300 e. The molecule has 1 atom stereocenters. The van der Waals surface area contributed by atoms with Gasteiger partial charge in [-0.15, -0.1) is 0 Å². The molecule has 0 saturated heterocycles. The van der Waals surface area contributed by atoms with E-state index in [1.54, 1.807) is 12.1 Å². The van der Waals surface area contributed by atoms with Gasteiger partial charge in [0.25, 0.3) is 11.8 Å². The number of carbonyl (C=O) groups excluding carboxylic acids is 2. The van der Waals surface area contributed by atoms with Gasteiger partial charge in [-0.3, -0.25) is 9.59 Å². The van der Waals surface area contributed by atoms with Gasteiger partial charge in [0.1, 0.15) is 5.76 Å². The van der Waals surface area contributed by atoms with E-state index in [1.807, 2.05) is 91.0 Å². The molecule has 1 N–H and O–H groups in total. The summed E-state index contributed by atoms with van der Waals surface area (Å²) < 4.78 is 5.60. The molecular weight excluding hydrogens is 424 g/mol. The van der Waals surface area contributed by atoms with Crippen molar-refractivity contribution in [2.45, 2.75) is 19.1 Å². The van der Waals surface area contributed by atoms with E-state index < -0.39 is 11.9 Å². The molecule has 0 aliphatic heterocycles. The molecule has 5 heteroatoms. The summed E-state index contributed by atoms with van der Waals surface area (Å²) in [4.78, 5) is 28.2. The lowest BCUT2D eigenvalue weighted by atomic mass is 10.1. The molecule has 5 nitrogen and oxygen atoms in total. The fraction of sp³-hybridized carbons (Fsp3) is 0.103. The van der Waals surface area contributed by atoms with Gasteiger partial charge in [0.2, 0.25) is 0 Å². The van der Waals surface area contributed by atoms with Crippen LogP contribution in [0.4, 0.5) is 0 Å². The van der Waals surface area contributed by atoms with Crippen LogP contribution in [0.5, 0.6) is 0 Å². The molecule has 0 aliphatic carbocycles. The average molecular weight is 449 g/mol. The second kappa shape index (κ2) is 11.3. The van der Waals surface area contributed by atoms with Crippen LogP contribution in [-0.2, 0) is 22.7 Å². The number of nitrogens with one attached hydrogen (secondary N) is 1. The van der Waals surface area contributed by atoms with Gasteiger partial charge in [-0.05, 0) is 35.4 Å². The van der Waals surface area contributed by atoms with E-state index in [0.29, 0.717) is 12.3 Å². The summed E-state index contributed by atoms with van der Waals surface area (Å²) in [5, 5.41) is 2.94. The van der Waals surface area contributed by atoms with E-state index in [9.17, 15) is 9.59 Å². The Bertz CT molecular complexity index is 1260. The lowest BCUT2D eigenvalue weighted by Gasteiger charge is -2.28. The molecule has 1 aromatic heterocycles. The number of amides is 2. The number of nitrogens with zero attached hydrogens (tertiary/aromatic N) is 1. The molecule has 2 amide bonds. The van der Waals surface area contributed by atoms with E-state index >= 15 is 0 Å². The fourth-order valence-electron chi connectivity index (χ4n) is 3.53. The zero-order valence-electron chi connectivity index (χ0n) is 18.6. The monoisotopic (exact) mass is 448 g/mol. The van der Waals surface area contributed by atoms with Crippen LogP contribution < -0.4 is 5.32 Å². The van der Waals surface area contributed by atoms with E-state index in [-0.39, 0.29) is 12.5 Å². The molecule has 3 aromatic carbocycles. The van der Waals surface area contributed by atoms with E-state index in [2.05, 4.69) is 17.2 Å². The minimum Gasteiger partial charge on any atom is -0.467 e. The van der Waals surface area contributed by atoms with E-state index in [1.165, 1.54) is 11.2 Å². The summed E-state index contributed by atoms with van der Waals surface area (Å²) in [5.74, 6) is 5.17. The molecular formula is C29H24N2O3. The first-order valence-corrected chi connectivity index (χ1v) is 11.0. The highest BCUT2D eigenvalue weighted by atomic mass is 16.3. The standard InChI is InChI=1S/C29H24N2O3/c32-27(19-18-23-11-4-1-5-12-23)31(22-25-15-8-3-9-16-25)28(26-17-10-20-34-26)29(33)30-21-24-13-6-2-7-14-24/h1-17,20,28H,21-22H2,(H,30,33). The first kappa shape index (κ1) is 22.6. The summed E-state index contributed by atoms with van der Waals surface area (Å²) in [6, 6.07) is 30.8. The van der Waals surface area contributed by atoms with Gasteiger partial charge in [0, 0.05) is 24.6 Å². The van der Waals surface area contributed by atoms with E-state index in [4.69, 9.17) is 4.42 Å². The Morgan fingerprint density at radius 3 is 2.03 bits per heavy atom. The number of rotatable bonds is 7. The molecule has 0 radical (unpaired) electrons. The zero-order valence-corrected chi connectivity index (χ0v) is 18.6. The van der Waals surface area contributed by atoms with Gasteiger partial charge in [0.05, 0.1) is 6.26 Å². The molecule has 4 rings (SSSR count). The molecule has 168 valence electrons. The minimum atomic E-state index is -0.975. The minimum absolute atomic E-state index is 0.202. The number of furan rings is 1. The first-order valence-electron chi connectivity index (χ1n) is 11.0. The summed E-state index contributed by atoms with van der Waals surface area (Å²) >= 11 is 0. The van der Waals surface area contributed by atoms with Crippen LogP contribution in [0.2, 0.25) is 0 Å². The number of hydrogen-bond donors (Lipinski definition) is 1.